The van der Waals surface area contributed by atoms with Crippen molar-refractivity contribution in [2.75, 3.05) is 0 Å². The molecule has 0 saturated carbocycles. The van der Waals surface area contributed by atoms with Gasteiger partial charge in [0.05, 0.1) is 0 Å². The molecular weight excluding hydrogens is 132 g/mol. The molecule has 0 unspecified atom stereocenters. The average molecular weight is 147 g/mol. The first kappa shape index (κ1) is 8.32. The molecule has 0 heteroatoms. The summed E-state index contributed by atoms with van der Waals surface area (Å²) in [5, 5.41) is 0. The van der Waals surface area contributed by atoms with Crippen molar-refractivity contribution in [3.05, 3.63) is 34.9 Å². The van der Waals surface area contributed by atoms with E-state index in [4.69, 9.17) is 0 Å². The minimum Gasteiger partial charge on any atom is -0.0613 e. The number of hydrogen-bond acceptors (Lipinski definition) is 0. The summed E-state index contributed by atoms with van der Waals surface area (Å²) in [4.78, 5) is 0. The zero-order valence-electron chi connectivity index (χ0n) is 7.57. The number of hydrogen-bond donors (Lipinski definition) is 0. The van der Waals surface area contributed by atoms with E-state index in [1.165, 1.54) is 16.7 Å². The standard InChI is InChI=1S/C11H15/c1-4-10-6-9(3)7-11(5-2)8-10/h6-7H,4-5H2,1-3H3. The third kappa shape index (κ3) is 2.07. The monoisotopic (exact) mass is 147 g/mol. The summed E-state index contributed by atoms with van der Waals surface area (Å²) >= 11 is 0. The maximum absolute atomic E-state index is 3.38. The van der Waals surface area contributed by atoms with Crippen LogP contribution in [-0.2, 0) is 12.8 Å². The van der Waals surface area contributed by atoms with Crippen molar-refractivity contribution in [3.63, 3.8) is 0 Å². The molecule has 0 heterocycles. The molecule has 0 nitrogen and oxygen atoms in total. The fourth-order valence-corrected chi connectivity index (χ4v) is 1.25. The molecule has 1 rings (SSSR count). The lowest BCUT2D eigenvalue weighted by Crippen LogP contribution is -1.88. The summed E-state index contributed by atoms with van der Waals surface area (Å²) in [6.45, 7) is 6.49. The topological polar surface area (TPSA) is 0 Å². The van der Waals surface area contributed by atoms with E-state index in [2.05, 4.69) is 39.0 Å². The molecule has 0 aliphatic heterocycles. The van der Waals surface area contributed by atoms with Crippen molar-refractivity contribution >= 4 is 0 Å². The first-order chi connectivity index (χ1) is 5.26. The van der Waals surface area contributed by atoms with Gasteiger partial charge in [0.15, 0.2) is 0 Å². The predicted molar refractivity (Wildman–Crippen MR) is 48.8 cm³/mol. The smallest absolute Gasteiger partial charge is 0.0114 e. The van der Waals surface area contributed by atoms with Gasteiger partial charge in [-0.3, -0.25) is 0 Å². The molecule has 0 N–H and O–H groups in total. The summed E-state index contributed by atoms with van der Waals surface area (Å²) in [7, 11) is 0. The van der Waals surface area contributed by atoms with Gasteiger partial charge in [-0.2, -0.15) is 0 Å². The summed E-state index contributed by atoms with van der Waals surface area (Å²) < 4.78 is 0. The van der Waals surface area contributed by atoms with E-state index in [1.54, 1.807) is 0 Å². The van der Waals surface area contributed by atoms with Gasteiger partial charge in [0.25, 0.3) is 0 Å². The van der Waals surface area contributed by atoms with Crippen LogP contribution in [0.1, 0.15) is 30.5 Å². The van der Waals surface area contributed by atoms with Crippen LogP contribution in [0.3, 0.4) is 0 Å². The van der Waals surface area contributed by atoms with Crippen LogP contribution < -0.4 is 0 Å². The van der Waals surface area contributed by atoms with E-state index < -0.39 is 0 Å². The van der Waals surface area contributed by atoms with Crippen LogP contribution in [0.25, 0.3) is 0 Å². The Morgan fingerprint density at radius 3 is 1.91 bits per heavy atom. The normalized spacial score (nSPS) is 10.1. The lowest BCUT2D eigenvalue weighted by Gasteiger charge is -2.02. The van der Waals surface area contributed by atoms with E-state index in [0.717, 1.165) is 12.8 Å². The van der Waals surface area contributed by atoms with E-state index in [0.29, 0.717) is 0 Å². The predicted octanol–water partition coefficient (Wildman–Crippen LogP) is 2.92. The van der Waals surface area contributed by atoms with Gasteiger partial charge in [-0.25, -0.2) is 0 Å². The molecule has 0 atom stereocenters. The second-order valence-corrected chi connectivity index (χ2v) is 2.92. The molecule has 0 aliphatic rings. The number of aryl methyl sites for hydroxylation is 3. The van der Waals surface area contributed by atoms with E-state index in [1.807, 2.05) is 0 Å². The maximum atomic E-state index is 3.38. The number of benzene rings is 1. The Kier molecular flexibility index (Phi) is 2.70. The molecule has 11 heavy (non-hydrogen) atoms. The van der Waals surface area contributed by atoms with Crippen LogP contribution >= 0.6 is 0 Å². The van der Waals surface area contributed by atoms with Gasteiger partial charge < -0.3 is 0 Å². The van der Waals surface area contributed by atoms with Gasteiger partial charge in [-0.05, 0) is 37.0 Å². The van der Waals surface area contributed by atoms with Crippen molar-refractivity contribution in [2.24, 2.45) is 0 Å². The third-order valence-electron chi connectivity index (χ3n) is 1.89. The van der Waals surface area contributed by atoms with Gasteiger partial charge in [0.2, 0.25) is 0 Å². The molecule has 1 radical (unpaired) electrons. The minimum atomic E-state index is 1.09. The average Bonchev–Trinajstić information content (AvgIpc) is 2.03. The zero-order valence-corrected chi connectivity index (χ0v) is 7.57. The summed E-state index contributed by atoms with van der Waals surface area (Å²) in [5.41, 5.74) is 4.03. The van der Waals surface area contributed by atoms with E-state index in [9.17, 15) is 0 Å². The summed E-state index contributed by atoms with van der Waals surface area (Å²) in [6, 6.07) is 7.80. The Morgan fingerprint density at radius 1 is 1.09 bits per heavy atom. The van der Waals surface area contributed by atoms with Crippen molar-refractivity contribution in [3.8, 4) is 0 Å². The van der Waals surface area contributed by atoms with Crippen LogP contribution in [0, 0.1) is 13.0 Å². The van der Waals surface area contributed by atoms with Gasteiger partial charge in [-0.1, -0.05) is 31.5 Å². The van der Waals surface area contributed by atoms with Crippen LogP contribution in [0.2, 0.25) is 0 Å². The van der Waals surface area contributed by atoms with Crippen molar-refractivity contribution in [1.29, 1.82) is 0 Å². The molecule has 0 bridgehead atoms. The Morgan fingerprint density at radius 2 is 1.55 bits per heavy atom. The second kappa shape index (κ2) is 3.56. The third-order valence-corrected chi connectivity index (χ3v) is 1.89. The van der Waals surface area contributed by atoms with Crippen LogP contribution in [0.15, 0.2) is 12.1 Å². The fourth-order valence-electron chi connectivity index (χ4n) is 1.25. The maximum Gasteiger partial charge on any atom is -0.0114 e. The molecule has 1 aromatic carbocycles. The largest absolute Gasteiger partial charge is 0.0613 e. The Bertz CT molecular complexity index is 214. The van der Waals surface area contributed by atoms with Crippen LogP contribution in [-0.4, -0.2) is 0 Å². The molecule has 1 aromatic rings. The molecule has 59 valence electrons. The highest BCUT2D eigenvalue weighted by Crippen LogP contribution is 2.09. The van der Waals surface area contributed by atoms with E-state index >= 15 is 0 Å². The fraction of sp³-hybridized carbons (Fsp3) is 0.455. The molecule has 0 spiro atoms. The molecule has 0 saturated heterocycles. The lowest BCUT2D eigenvalue weighted by molar-refractivity contribution is 1.07. The molecule has 0 aromatic heterocycles. The first-order valence-corrected chi connectivity index (χ1v) is 4.28. The van der Waals surface area contributed by atoms with Gasteiger partial charge in [0.1, 0.15) is 0 Å². The van der Waals surface area contributed by atoms with Crippen LogP contribution in [0.5, 0.6) is 0 Å². The highest BCUT2D eigenvalue weighted by Gasteiger charge is 1.94. The SMILES string of the molecule is CCc1[c]c(CC)cc(C)c1. The Hall–Kier alpha value is -0.780. The highest BCUT2D eigenvalue weighted by molar-refractivity contribution is 5.27. The molecule has 0 amide bonds. The zero-order chi connectivity index (χ0) is 8.27. The summed E-state index contributed by atoms with van der Waals surface area (Å²) in [6.07, 6.45) is 2.18. The number of rotatable bonds is 2. The summed E-state index contributed by atoms with van der Waals surface area (Å²) in [5.74, 6) is 0. The Balaban J connectivity index is 3.02. The van der Waals surface area contributed by atoms with Crippen molar-refractivity contribution in [2.45, 2.75) is 33.6 Å². The van der Waals surface area contributed by atoms with Gasteiger partial charge in [0, 0.05) is 0 Å². The molecule has 0 aliphatic carbocycles. The quantitative estimate of drug-likeness (QED) is 0.603. The van der Waals surface area contributed by atoms with Gasteiger partial charge >= 0.3 is 0 Å². The second-order valence-electron chi connectivity index (χ2n) is 2.92. The molecule has 0 fully saturated rings. The lowest BCUT2D eigenvalue weighted by atomic mass is 10.0. The first-order valence-electron chi connectivity index (χ1n) is 4.28. The van der Waals surface area contributed by atoms with Crippen LogP contribution in [0.4, 0.5) is 0 Å². The van der Waals surface area contributed by atoms with Gasteiger partial charge in [-0.15, -0.1) is 0 Å². The molecular formula is C11H15. The minimum absolute atomic E-state index is 1.09. The Labute approximate surface area is 69.3 Å². The van der Waals surface area contributed by atoms with Crippen molar-refractivity contribution in [1.82, 2.24) is 0 Å². The van der Waals surface area contributed by atoms with Crippen molar-refractivity contribution < 1.29 is 0 Å². The van der Waals surface area contributed by atoms with E-state index in [-0.39, 0.29) is 0 Å². The highest BCUT2D eigenvalue weighted by atomic mass is 14.0.